The van der Waals surface area contributed by atoms with Crippen LogP contribution >= 0.6 is 11.3 Å². The predicted octanol–water partition coefficient (Wildman–Crippen LogP) is 2.95. The van der Waals surface area contributed by atoms with Gasteiger partial charge >= 0.3 is 0 Å². The molecule has 1 amide bonds. The van der Waals surface area contributed by atoms with Gasteiger partial charge in [-0.1, -0.05) is 23.5 Å². The summed E-state index contributed by atoms with van der Waals surface area (Å²) in [4.78, 5) is 12.3. The van der Waals surface area contributed by atoms with E-state index in [-0.39, 0.29) is 15.0 Å². The van der Waals surface area contributed by atoms with Crippen molar-refractivity contribution in [3.05, 3.63) is 59.7 Å². The summed E-state index contributed by atoms with van der Waals surface area (Å²) in [5.74, 6) is 1.32. The standard InChI is InChI=1S/C22H20N4O6S2/c1-30-17-7-9-19(10-8-17)32-12-11-31-18-5-3-15(4-6-18)13-16(14-23)20(27)24-21-25-26-22(33-21)34(2,28)29/h3-10,13H,11-12H2,1-2H3,(H,24,25,27)/b16-13-. The molecule has 0 atom stereocenters. The Hall–Kier alpha value is -3.95. The van der Waals surface area contributed by atoms with Crippen molar-refractivity contribution in [1.29, 1.82) is 5.26 Å². The lowest BCUT2D eigenvalue weighted by molar-refractivity contribution is -0.112. The second-order valence-corrected chi connectivity index (χ2v) is 9.88. The van der Waals surface area contributed by atoms with Crippen LogP contribution in [-0.2, 0) is 14.6 Å². The molecule has 0 spiro atoms. The molecule has 0 radical (unpaired) electrons. The summed E-state index contributed by atoms with van der Waals surface area (Å²) < 4.78 is 39.0. The van der Waals surface area contributed by atoms with Crippen LogP contribution in [0.4, 0.5) is 5.13 Å². The van der Waals surface area contributed by atoms with Gasteiger partial charge in [-0.05, 0) is 48.0 Å². The minimum atomic E-state index is -3.53. The van der Waals surface area contributed by atoms with Crippen molar-refractivity contribution >= 4 is 38.3 Å². The van der Waals surface area contributed by atoms with Gasteiger partial charge in [0, 0.05) is 6.26 Å². The highest BCUT2D eigenvalue weighted by Crippen LogP contribution is 2.21. The number of benzene rings is 2. The summed E-state index contributed by atoms with van der Waals surface area (Å²) in [5.41, 5.74) is 0.417. The molecule has 0 saturated carbocycles. The molecule has 3 aromatic rings. The van der Waals surface area contributed by atoms with Crippen LogP contribution in [0.5, 0.6) is 17.2 Å². The molecule has 1 N–H and O–H groups in total. The lowest BCUT2D eigenvalue weighted by Gasteiger charge is -2.09. The van der Waals surface area contributed by atoms with Gasteiger partial charge in [0.1, 0.15) is 42.1 Å². The SMILES string of the molecule is COc1ccc(OCCOc2ccc(/C=C(/C#N)C(=O)Nc3nnc(S(C)(=O)=O)s3)cc2)cc1. The molecule has 0 aliphatic carbocycles. The van der Waals surface area contributed by atoms with E-state index >= 15 is 0 Å². The second kappa shape index (κ2) is 11.3. The summed E-state index contributed by atoms with van der Waals surface area (Å²) in [5, 5.41) is 18.8. The van der Waals surface area contributed by atoms with Crippen molar-refractivity contribution in [1.82, 2.24) is 10.2 Å². The number of amides is 1. The van der Waals surface area contributed by atoms with E-state index in [1.54, 1.807) is 55.6 Å². The average Bonchev–Trinajstić information content (AvgIpc) is 3.30. The van der Waals surface area contributed by atoms with Gasteiger partial charge in [-0.15, -0.1) is 10.2 Å². The van der Waals surface area contributed by atoms with E-state index in [0.717, 1.165) is 12.0 Å². The number of carbonyl (C=O) groups is 1. The van der Waals surface area contributed by atoms with Gasteiger partial charge in [-0.3, -0.25) is 10.1 Å². The van der Waals surface area contributed by atoms with E-state index in [2.05, 4.69) is 15.5 Å². The van der Waals surface area contributed by atoms with Crippen molar-refractivity contribution in [3.63, 3.8) is 0 Å². The fourth-order valence-electron chi connectivity index (χ4n) is 2.54. The zero-order valence-electron chi connectivity index (χ0n) is 18.2. The van der Waals surface area contributed by atoms with E-state index in [0.29, 0.717) is 41.6 Å². The van der Waals surface area contributed by atoms with Gasteiger partial charge in [0.15, 0.2) is 0 Å². The van der Waals surface area contributed by atoms with E-state index in [1.807, 2.05) is 6.07 Å². The number of nitrogens with one attached hydrogen (secondary N) is 1. The molecule has 1 aromatic heterocycles. The second-order valence-electron chi connectivity index (χ2n) is 6.71. The lowest BCUT2D eigenvalue weighted by atomic mass is 10.1. The number of hydrogen-bond acceptors (Lipinski definition) is 10. The van der Waals surface area contributed by atoms with E-state index in [1.165, 1.54) is 6.08 Å². The summed E-state index contributed by atoms with van der Waals surface area (Å²) >= 11 is 0.703. The highest BCUT2D eigenvalue weighted by atomic mass is 32.2. The molecule has 1 heterocycles. The van der Waals surface area contributed by atoms with Crippen LogP contribution in [0, 0.1) is 11.3 Å². The van der Waals surface area contributed by atoms with Gasteiger partial charge < -0.3 is 14.2 Å². The fourth-order valence-corrected chi connectivity index (χ4v) is 4.04. The van der Waals surface area contributed by atoms with Crippen LogP contribution in [-0.4, -0.2) is 51.1 Å². The number of methoxy groups -OCH3 is 1. The fraction of sp³-hybridized carbons (Fsp3) is 0.182. The predicted molar refractivity (Wildman–Crippen MR) is 126 cm³/mol. The number of rotatable bonds is 10. The summed E-state index contributed by atoms with van der Waals surface area (Å²) in [6.07, 6.45) is 2.38. The van der Waals surface area contributed by atoms with Gasteiger partial charge in [-0.2, -0.15) is 5.26 Å². The topological polar surface area (TPSA) is 140 Å². The number of nitrogens with zero attached hydrogens (tertiary/aromatic N) is 3. The van der Waals surface area contributed by atoms with Gasteiger partial charge in [0.25, 0.3) is 5.91 Å². The maximum Gasteiger partial charge on any atom is 0.268 e. The smallest absolute Gasteiger partial charge is 0.268 e. The monoisotopic (exact) mass is 500 g/mol. The maximum absolute atomic E-state index is 12.3. The van der Waals surface area contributed by atoms with Crippen molar-refractivity contribution in [3.8, 4) is 23.3 Å². The molecular weight excluding hydrogens is 480 g/mol. The highest BCUT2D eigenvalue weighted by molar-refractivity contribution is 7.92. The summed E-state index contributed by atoms with van der Waals surface area (Å²) in [6, 6.07) is 15.8. The molecule has 0 saturated heterocycles. The number of aromatic nitrogens is 2. The molecule has 0 unspecified atom stereocenters. The van der Waals surface area contributed by atoms with Gasteiger partial charge in [-0.25, -0.2) is 8.42 Å². The first-order valence-electron chi connectivity index (χ1n) is 9.75. The third-order valence-electron chi connectivity index (χ3n) is 4.18. The van der Waals surface area contributed by atoms with Gasteiger partial charge in [0.2, 0.25) is 19.3 Å². The highest BCUT2D eigenvalue weighted by Gasteiger charge is 2.17. The molecule has 3 rings (SSSR count). The number of sulfone groups is 1. The molecule has 0 bridgehead atoms. The first kappa shape index (κ1) is 24.7. The first-order chi connectivity index (χ1) is 16.3. The van der Waals surface area contributed by atoms with E-state index in [4.69, 9.17) is 14.2 Å². The lowest BCUT2D eigenvalue weighted by Crippen LogP contribution is -2.13. The Morgan fingerprint density at radius 2 is 1.59 bits per heavy atom. The van der Waals surface area contributed by atoms with Crippen LogP contribution in [0.15, 0.2) is 58.4 Å². The zero-order chi connectivity index (χ0) is 24.6. The molecule has 0 aliphatic heterocycles. The molecule has 0 fully saturated rings. The van der Waals surface area contributed by atoms with Crippen LogP contribution in [0.2, 0.25) is 0 Å². The Morgan fingerprint density at radius 3 is 2.09 bits per heavy atom. The minimum Gasteiger partial charge on any atom is -0.497 e. The van der Waals surface area contributed by atoms with Crippen molar-refractivity contribution < 1.29 is 27.4 Å². The first-order valence-corrected chi connectivity index (χ1v) is 12.5. The normalized spacial score (nSPS) is 11.4. The quantitative estimate of drug-likeness (QED) is 0.192. The van der Waals surface area contributed by atoms with Crippen molar-refractivity contribution in [2.45, 2.75) is 4.34 Å². The van der Waals surface area contributed by atoms with Crippen LogP contribution in [0.25, 0.3) is 6.08 Å². The Bertz CT molecular complexity index is 1310. The molecular formula is C22H20N4O6S2. The zero-order valence-corrected chi connectivity index (χ0v) is 19.9. The molecule has 0 aliphatic rings. The largest absolute Gasteiger partial charge is 0.497 e. The molecule has 10 nitrogen and oxygen atoms in total. The summed E-state index contributed by atoms with van der Waals surface area (Å²) in [6.45, 7) is 0.670. The minimum absolute atomic E-state index is 0.0211. The average molecular weight is 501 g/mol. The summed E-state index contributed by atoms with van der Waals surface area (Å²) in [7, 11) is -1.94. The molecule has 34 heavy (non-hydrogen) atoms. The number of carbonyl (C=O) groups excluding carboxylic acids is 1. The number of anilines is 1. The molecule has 12 heteroatoms. The van der Waals surface area contributed by atoms with Crippen molar-refractivity contribution in [2.24, 2.45) is 0 Å². The Kier molecular flexibility index (Phi) is 8.18. The molecule has 176 valence electrons. The Morgan fingerprint density at radius 1 is 1.03 bits per heavy atom. The van der Waals surface area contributed by atoms with Gasteiger partial charge in [0.05, 0.1) is 7.11 Å². The maximum atomic E-state index is 12.3. The van der Waals surface area contributed by atoms with Crippen LogP contribution < -0.4 is 19.5 Å². The number of hydrogen-bond donors (Lipinski definition) is 1. The third-order valence-corrected chi connectivity index (χ3v) is 6.69. The van der Waals surface area contributed by atoms with Crippen molar-refractivity contribution in [2.75, 3.05) is 31.9 Å². The Labute approximate surface area is 200 Å². The van der Waals surface area contributed by atoms with Crippen LogP contribution in [0.3, 0.4) is 0 Å². The van der Waals surface area contributed by atoms with Crippen LogP contribution in [0.1, 0.15) is 5.56 Å². The van der Waals surface area contributed by atoms with E-state index < -0.39 is 15.7 Å². The number of nitriles is 1. The third kappa shape index (κ3) is 7.03. The molecule has 2 aromatic carbocycles. The Balaban J connectivity index is 1.52. The van der Waals surface area contributed by atoms with E-state index in [9.17, 15) is 18.5 Å². The number of ether oxygens (including phenoxy) is 3.